The number of hydrogen-bond donors (Lipinski definition) is 2. The van der Waals surface area contributed by atoms with Gasteiger partial charge in [-0.2, -0.15) is 0 Å². The topological polar surface area (TPSA) is 86.2 Å². The molecule has 3 aliphatic rings. The number of pyridine rings is 1. The van der Waals surface area contributed by atoms with Crippen molar-refractivity contribution in [2.24, 2.45) is 17.8 Å². The first-order valence-corrected chi connectivity index (χ1v) is 14.0. The van der Waals surface area contributed by atoms with Crippen LogP contribution in [0.15, 0.2) is 12.1 Å². The number of carbonyl (C=O) groups excluding carboxylic acids is 2. The van der Waals surface area contributed by atoms with Gasteiger partial charge in [-0.25, -0.2) is 0 Å². The summed E-state index contributed by atoms with van der Waals surface area (Å²) in [6.45, 7) is 4.03. The molecular formula is C29H44N4O2. The van der Waals surface area contributed by atoms with Gasteiger partial charge in [-0.3, -0.25) is 24.9 Å². The number of rotatable bonds is 9. The van der Waals surface area contributed by atoms with Crippen LogP contribution in [0.5, 0.6) is 0 Å². The van der Waals surface area contributed by atoms with Gasteiger partial charge in [0.1, 0.15) is 5.54 Å². The highest BCUT2D eigenvalue weighted by Gasteiger charge is 2.49. The van der Waals surface area contributed by atoms with Gasteiger partial charge < -0.3 is 5.32 Å². The summed E-state index contributed by atoms with van der Waals surface area (Å²) in [6.07, 6.45) is 14.9. The molecule has 2 aliphatic carbocycles. The lowest BCUT2D eigenvalue weighted by Crippen LogP contribution is -2.49. The van der Waals surface area contributed by atoms with Gasteiger partial charge in [0.25, 0.3) is 5.91 Å². The first-order valence-electron chi connectivity index (χ1n) is 14.0. The van der Waals surface area contributed by atoms with Crippen LogP contribution < -0.4 is 5.32 Å². The van der Waals surface area contributed by atoms with Crippen molar-refractivity contribution in [2.75, 3.05) is 7.05 Å². The van der Waals surface area contributed by atoms with Crippen LogP contribution in [0.25, 0.3) is 0 Å². The number of nitrogens with zero attached hydrogens (tertiary/aromatic N) is 2. The maximum absolute atomic E-state index is 13.4. The average Bonchev–Trinajstić information content (AvgIpc) is 3.06. The van der Waals surface area contributed by atoms with E-state index in [9.17, 15) is 9.59 Å². The van der Waals surface area contributed by atoms with Crippen LogP contribution in [-0.4, -0.2) is 40.1 Å². The van der Waals surface area contributed by atoms with Gasteiger partial charge in [-0.05, 0) is 75.3 Å². The monoisotopic (exact) mass is 480 g/mol. The van der Waals surface area contributed by atoms with Gasteiger partial charge >= 0.3 is 0 Å². The summed E-state index contributed by atoms with van der Waals surface area (Å²) >= 11 is 0. The highest BCUT2D eigenvalue weighted by Crippen LogP contribution is 2.40. The van der Waals surface area contributed by atoms with Crippen LogP contribution in [0, 0.1) is 30.1 Å². The van der Waals surface area contributed by atoms with Gasteiger partial charge in [-0.15, -0.1) is 0 Å². The molecule has 0 spiro atoms. The van der Waals surface area contributed by atoms with Crippen LogP contribution in [0.3, 0.4) is 0 Å². The Hall–Kier alpha value is -2.24. The van der Waals surface area contributed by atoms with Crippen molar-refractivity contribution in [3.05, 3.63) is 29.1 Å². The molecule has 3 atom stereocenters. The van der Waals surface area contributed by atoms with Crippen LogP contribution >= 0.6 is 0 Å². The standard InChI is InChI=1S/C29H44N4O2/c1-4-25-18-24(15-20(2)31-25)26(34)17-22-11-8-12-23(16-22)19-29(27(35)33(3)28(30)32-29)14-13-21-9-6-5-7-10-21/h15,18,21-23H,4-14,16-17,19H2,1-3H3,(H2,30,32)/t22-,23+,29-/m1/s1. The normalized spacial score (nSPS) is 27.8. The van der Waals surface area contributed by atoms with Crippen molar-refractivity contribution in [1.82, 2.24) is 15.2 Å². The largest absolute Gasteiger partial charge is 0.342 e. The molecule has 0 bridgehead atoms. The van der Waals surface area contributed by atoms with Gasteiger partial charge in [0, 0.05) is 30.4 Å². The van der Waals surface area contributed by atoms with Crippen LogP contribution in [0.2, 0.25) is 0 Å². The molecule has 1 amide bonds. The molecule has 6 nitrogen and oxygen atoms in total. The Morgan fingerprint density at radius 1 is 1.11 bits per heavy atom. The van der Waals surface area contributed by atoms with E-state index in [2.05, 4.69) is 17.2 Å². The Morgan fingerprint density at radius 3 is 2.51 bits per heavy atom. The molecule has 3 fully saturated rings. The third kappa shape index (κ3) is 6.13. The van der Waals surface area contributed by atoms with E-state index in [1.54, 1.807) is 7.05 Å². The fourth-order valence-electron chi connectivity index (χ4n) is 6.85. The Labute approximate surface area is 211 Å². The first-order chi connectivity index (χ1) is 16.8. The van der Waals surface area contributed by atoms with Gasteiger partial charge in [0.05, 0.1) is 0 Å². The lowest BCUT2D eigenvalue weighted by molar-refractivity contribution is -0.131. The summed E-state index contributed by atoms with van der Waals surface area (Å²) in [4.78, 5) is 32.5. The predicted molar refractivity (Wildman–Crippen MR) is 140 cm³/mol. The Morgan fingerprint density at radius 2 is 1.83 bits per heavy atom. The molecular weight excluding hydrogens is 436 g/mol. The van der Waals surface area contributed by atoms with E-state index in [1.807, 2.05) is 19.1 Å². The molecule has 1 saturated heterocycles. The molecule has 4 rings (SSSR count). The smallest absolute Gasteiger partial charge is 0.254 e. The van der Waals surface area contributed by atoms with E-state index in [-0.39, 0.29) is 17.6 Å². The number of likely N-dealkylation sites (N-methyl/N-ethyl adjacent to an activating group) is 1. The van der Waals surface area contributed by atoms with E-state index in [0.717, 1.165) is 68.3 Å². The maximum Gasteiger partial charge on any atom is 0.254 e. The van der Waals surface area contributed by atoms with Crippen molar-refractivity contribution in [2.45, 2.75) is 109 Å². The number of ketones is 1. The third-order valence-electron chi connectivity index (χ3n) is 8.80. The second kappa shape index (κ2) is 11.2. The SMILES string of the molecule is CCc1cc(C(=O)C[C@@H]2CCC[C@H](C[C@@]3(CCC4CCCCC4)NC(=N)N(C)C3=O)C2)cc(C)n1. The van der Waals surface area contributed by atoms with Crippen LogP contribution in [0.1, 0.15) is 112 Å². The third-order valence-corrected chi connectivity index (χ3v) is 8.80. The Balaban J connectivity index is 1.41. The molecule has 6 heteroatoms. The zero-order valence-corrected chi connectivity index (χ0v) is 22.0. The summed E-state index contributed by atoms with van der Waals surface area (Å²) in [5.74, 6) is 2.01. The number of Topliss-reactive ketones (excluding diaryl/α,β-unsaturated/α-hetero) is 1. The quantitative estimate of drug-likeness (QED) is 0.436. The molecule has 0 unspecified atom stereocenters. The minimum Gasteiger partial charge on any atom is -0.342 e. The summed E-state index contributed by atoms with van der Waals surface area (Å²) in [5.41, 5.74) is 2.04. The molecule has 192 valence electrons. The number of aryl methyl sites for hydroxylation is 2. The zero-order valence-electron chi connectivity index (χ0n) is 22.0. The summed E-state index contributed by atoms with van der Waals surface area (Å²) < 4.78 is 0. The molecule has 0 aromatic carbocycles. The van der Waals surface area contributed by atoms with Crippen molar-refractivity contribution >= 4 is 17.6 Å². The van der Waals surface area contributed by atoms with E-state index in [4.69, 9.17) is 5.41 Å². The fraction of sp³-hybridized carbons (Fsp3) is 0.724. The Kier molecular flexibility index (Phi) is 8.28. The van der Waals surface area contributed by atoms with Gasteiger partial charge in [0.2, 0.25) is 0 Å². The number of hydrogen-bond acceptors (Lipinski definition) is 4. The van der Waals surface area contributed by atoms with Crippen molar-refractivity contribution in [3.8, 4) is 0 Å². The minimum atomic E-state index is -0.641. The number of guanidine groups is 1. The number of amides is 1. The van der Waals surface area contributed by atoms with Gasteiger partial charge in [-0.1, -0.05) is 51.9 Å². The lowest BCUT2D eigenvalue weighted by atomic mass is 9.71. The Bertz CT molecular complexity index is 939. The van der Waals surface area contributed by atoms with E-state index in [1.165, 1.54) is 37.0 Å². The first kappa shape index (κ1) is 25.8. The minimum absolute atomic E-state index is 0.0656. The van der Waals surface area contributed by atoms with Crippen molar-refractivity contribution in [3.63, 3.8) is 0 Å². The molecule has 2 heterocycles. The predicted octanol–water partition coefficient (Wildman–Crippen LogP) is 5.82. The maximum atomic E-state index is 13.4. The number of carbonyl (C=O) groups is 2. The molecule has 35 heavy (non-hydrogen) atoms. The molecule has 1 aromatic rings. The summed E-state index contributed by atoms with van der Waals surface area (Å²) in [5, 5.41) is 11.6. The average molecular weight is 481 g/mol. The molecule has 1 aliphatic heterocycles. The highest BCUT2D eigenvalue weighted by molar-refractivity contribution is 6.07. The summed E-state index contributed by atoms with van der Waals surface area (Å²) in [7, 11) is 1.73. The zero-order chi connectivity index (χ0) is 25.0. The van der Waals surface area contributed by atoms with E-state index >= 15 is 0 Å². The highest BCUT2D eigenvalue weighted by atomic mass is 16.2. The van der Waals surface area contributed by atoms with Crippen molar-refractivity contribution in [1.29, 1.82) is 5.41 Å². The molecule has 1 aromatic heterocycles. The van der Waals surface area contributed by atoms with Gasteiger partial charge in [0.15, 0.2) is 11.7 Å². The lowest BCUT2D eigenvalue weighted by Gasteiger charge is -2.36. The van der Waals surface area contributed by atoms with E-state index in [0.29, 0.717) is 24.2 Å². The second-order valence-electron chi connectivity index (χ2n) is 11.5. The van der Waals surface area contributed by atoms with Crippen LogP contribution in [-0.2, 0) is 11.2 Å². The van der Waals surface area contributed by atoms with Crippen molar-refractivity contribution < 1.29 is 9.59 Å². The molecule has 2 N–H and O–H groups in total. The number of nitrogens with one attached hydrogen (secondary N) is 2. The summed E-state index contributed by atoms with van der Waals surface area (Å²) in [6, 6.07) is 3.88. The number of aromatic nitrogens is 1. The van der Waals surface area contributed by atoms with Crippen LogP contribution in [0.4, 0.5) is 0 Å². The molecule has 0 radical (unpaired) electrons. The second-order valence-corrected chi connectivity index (χ2v) is 11.5. The van der Waals surface area contributed by atoms with E-state index < -0.39 is 5.54 Å². The fourth-order valence-corrected chi connectivity index (χ4v) is 6.85. The molecule has 2 saturated carbocycles.